The predicted molar refractivity (Wildman–Crippen MR) is 102 cm³/mol. The van der Waals surface area contributed by atoms with Crippen molar-refractivity contribution < 1.29 is 9.59 Å². The standard InChI is InChI=1S/C20H21N5O2/c1-23-10-8-20(11-23)12-24(13-20)19(27)25-16-7-3-2-5-14(16)18(26)22-15-6-4-9-21-17(15)25/h2-7,9H,8,10-13H2,1H3,(H,22,26). The molecule has 3 aliphatic heterocycles. The van der Waals surface area contributed by atoms with Gasteiger partial charge in [0.05, 0.1) is 16.9 Å². The second kappa shape index (κ2) is 5.79. The van der Waals surface area contributed by atoms with Crippen LogP contribution < -0.4 is 10.2 Å². The smallest absolute Gasteiger partial charge is 0.323 e. The first-order valence-corrected chi connectivity index (χ1v) is 9.19. The van der Waals surface area contributed by atoms with Gasteiger partial charge in [-0.15, -0.1) is 0 Å². The predicted octanol–water partition coefficient (Wildman–Crippen LogP) is 2.54. The Bertz CT molecular complexity index is 937. The maximum Gasteiger partial charge on any atom is 0.330 e. The minimum Gasteiger partial charge on any atom is -0.323 e. The number of hydrogen-bond donors (Lipinski definition) is 1. The van der Waals surface area contributed by atoms with Crippen LogP contribution in [0.15, 0.2) is 42.6 Å². The second-order valence-corrected chi connectivity index (χ2v) is 7.81. The highest BCUT2D eigenvalue weighted by Crippen LogP contribution is 2.42. The van der Waals surface area contributed by atoms with E-state index in [1.54, 1.807) is 41.4 Å². The largest absolute Gasteiger partial charge is 0.330 e. The number of carbonyl (C=O) groups is 2. The van der Waals surface area contributed by atoms with E-state index in [0.717, 1.165) is 32.6 Å². The van der Waals surface area contributed by atoms with Crippen molar-refractivity contribution in [3.05, 3.63) is 48.2 Å². The molecule has 7 heteroatoms. The van der Waals surface area contributed by atoms with Crippen molar-refractivity contribution in [2.75, 3.05) is 43.4 Å². The van der Waals surface area contributed by atoms with E-state index < -0.39 is 0 Å². The van der Waals surface area contributed by atoms with Crippen LogP contribution in [-0.2, 0) is 0 Å². The first kappa shape index (κ1) is 16.3. The van der Waals surface area contributed by atoms with Gasteiger partial charge in [0, 0.05) is 31.2 Å². The molecule has 2 aromatic rings. The first-order valence-electron chi connectivity index (χ1n) is 9.19. The Morgan fingerprint density at radius 1 is 1.15 bits per heavy atom. The van der Waals surface area contributed by atoms with Crippen molar-refractivity contribution in [2.45, 2.75) is 6.42 Å². The van der Waals surface area contributed by atoms with Gasteiger partial charge >= 0.3 is 6.03 Å². The number of hydrogen-bond acceptors (Lipinski definition) is 4. The normalized spacial score (nSPS) is 20.6. The van der Waals surface area contributed by atoms with E-state index in [-0.39, 0.29) is 17.4 Å². The molecule has 1 N–H and O–H groups in total. The number of urea groups is 1. The van der Waals surface area contributed by atoms with Gasteiger partial charge in [-0.05, 0) is 44.3 Å². The molecule has 0 atom stereocenters. The minimum absolute atomic E-state index is 0.126. The van der Waals surface area contributed by atoms with Gasteiger partial charge in [-0.3, -0.25) is 4.79 Å². The molecule has 3 aliphatic rings. The summed E-state index contributed by atoms with van der Waals surface area (Å²) < 4.78 is 0. The van der Waals surface area contributed by atoms with E-state index in [1.165, 1.54) is 0 Å². The molecule has 5 rings (SSSR count). The Labute approximate surface area is 157 Å². The van der Waals surface area contributed by atoms with Crippen LogP contribution in [0.1, 0.15) is 16.8 Å². The van der Waals surface area contributed by atoms with Gasteiger partial charge in [0.2, 0.25) is 0 Å². The highest BCUT2D eigenvalue weighted by Gasteiger charge is 2.50. The molecule has 0 bridgehead atoms. The molecular weight excluding hydrogens is 342 g/mol. The van der Waals surface area contributed by atoms with Crippen molar-refractivity contribution in [1.29, 1.82) is 0 Å². The zero-order valence-electron chi connectivity index (χ0n) is 15.2. The third-order valence-corrected chi connectivity index (χ3v) is 5.78. The Kier molecular flexibility index (Phi) is 3.48. The SMILES string of the molecule is CN1CCC2(C1)CN(C(=O)N1c3ccccc3C(=O)Nc3cccnc31)C2. The molecule has 1 aromatic carbocycles. The Morgan fingerprint density at radius 2 is 1.96 bits per heavy atom. The highest BCUT2D eigenvalue weighted by atomic mass is 16.2. The lowest BCUT2D eigenvalue weighted by atomic mass is 9.79. The van der Waals surface area contributed by atoms with Crippen LogP contribution in [0.3, 0.4) is 0 Å². The van der Waals surface area contributed by atoms with Gasteiger partial charge in [-0.2, -0.15) is 0 Å². The van der Waals surface area contributed by atoms with Gasteiger partial charge in [0.1, 0.15) is 0 Å². The number of anilines is 3. The molecule has 3 amide bonds. The molecule has 0 unspecified atom stereocenters. The summed E-state index contributed by atoms with van der Waals surface area (Å²) in [6, 6.07) is 10.6. The lowest BCUT2D eigenvalue weighted by Gasteiger charge is -2.49. The molecule has 1 aromatic heterocycles. The Morgan fingerprint density at radius 3 is 2.74 bits per heavy atom. The summed E-state index contributed by atoms with van der Waals surface area (Å²) in [5.41, 5.74) is 1.81. The fourth-order valence-electron chi connectivity index (χ4n) is 4.49. The van der Waals surface area contributed by atoms with Gasteiger partial charge in [-0.1, -0.05) is 12.1 Å². The number of benzene rings is 1. The molecule has 2 fully saturated rings. The highest BCUT2D eigenvalue weighted by molar-refractivity contribution is 6.16. The average Bonchev–Trinajstić information content (AvgIpc) is 2.99. The summed E-state index contributed by atoms with van der Waals surface area (Å²) in [6.07, 6.45) is 2.77. The zero-order valence-corrected chi connectivity index (χ0v) is 15.2. The van der Waals surface area contributed by atoms with Crippen molar-refractivity contribution in [3.8, 4) is 0 Å². The fourth-order valence-corrected chi connectivity index (χ4v) is 4.49. The number of nitrogens with one attached hydrogen (secondary N) is 1. The zero-order chi connectivity index (χ0) is 18.6. The molecular formula is C20H21N5O2. The van der Waals surface area contributed by atoms with Gasteiger partial charge < -0.3 is 15.1 Å². The molecule has 2 saturated heterocycles. The van der Waals surface area contributed by atoms with Crippen LogP contribution in [0, 0.1) is 5.41 Å². The van der Waals surface area contributed by atoms with E-state index in [2.05, 4.69) is 22.2 Å². The summed E-state index contributed by atoms with van der Waals surface area (Å²) in [5.74, 6) is 0.234. The number of pyridine rings is 1. The van der Waals surface area contributed by atoms with Crippen molar-refractivity contribution in [2.24, 2.45) is 5.41 Å². The van der Waals surface area contributed by atoms with Crippen LogP contribution >= 0.6 is 0 Å². The molecule has 1 spiro atoms. The number of carbonyl (C=O) groups excluding carboxylic acids is 2. The lowest BCUT2D eigenvalue weighted by Crippen LogP contribution is -2.61. The summed E-state index contributed by atoms with van der Waals surface area (Å²) >= 11 is 0. The average molecular weight is 363 g/mol. The summed E-state index contributed by atoms with van der Waals surface area (Å²) in [7, 11) is 2.13. The molecule has 0 aliphatic carbocycles. The number of aromatic nitrogens is 1. The maximum atomic E-state index is 13.4. The first-order chi connectivity index (χ1) is 13.1. The topological polar surface area (TPSA) is 68.8 Å². The van der Waals surface area contributed by atoms with Gasteiger partial charge in [0.15, 0.2) is 5.82 Å². The van der Waals surface area contributed by atoms with E-state index in [9.17, 15) is 9.59 Å². The number of fused-ring (bicyclic) bond motifs is 2. The number of para-hydroxylation sites is 1. The molecule has 7 nitrogen and oxygen atoms in total. The third kappa shape index (κ3) is 2.49. The molecule has 4 heterocycles. The van der Waals surface area contributed by atoms with Crippen molar-refractivity contribution >= 4 is 29.1 Å². The molecule has 0 saturated carbocycles. The fraction of sp³-hybridized carbons (Fsp3) is 0.350. The summed E-state index contributed by atoms with van der Waals surface area (Å²) in [4.78, 5) is 36.3. The third-order valence-electron chi connectivity index (χ3n) is 5.78. The van der Waals surface area contributed by atoms with Crippen LogP contribution in [0.4, 0.5) is 22.0 Å². The Hall–Kier alpha value is -2.93. The quantitative estimate of drug-likeness (QED) is 0.781. The lowest BCUT2D eigenvalue weighted by molar-refractivity contribution is 0.0445. The number of nitrogens with zero attached hydrogens (tertiary/aromatic N) is 4. The number of rotatable bonds is 0. The van der Waals surface area contributed by atoms with Gasteiger partial charge in [-0.25, -0.2) is 14.7 Å². The summed E-state index contributed by atoms with van der Waals surface area (Å²) in [6.45, 7) is 3.61. The van der Waals surface area contributed by atoms with Crippen LogP contribution in [0.5, 0.6) is 0 Å². The van der Waals surface area contributed by atoms with E-state index in [4.69, 9.17) is 0 Å². The Balaban J connectivity index is 1.53. The second-order valence-electron chi connectivity index (χ2n) is 7.81. The van der Waals surface area contributed by atoms with Crippen LogP contribution in [0.25, 0.3) is 0 Å². The summed E-state index contributed by atoms with van der Waals surface area (Å²) in [5, 5.41) is 2.87. The minimum atomic E-state index is -0.229. The number of likely N-dealkylation sites (tertiary alicyclic amines) is 2. The van der Waals surface area contributed by atoms with Crippen LogP contribution in [0.2, 0.25) is 0 Å². The van der Waals surface area contributed by atoms with E-state index in [0.29, 0.717) is 22.8 Å². The van der Waals surface area contributed by atoms with Crippen molar-refractivity contribution in [3.63, 3.8) is 0 Å². The molecule has 27 heavy (non-hydrogen) atoms. The molecule has 138 valence electrons. The number of amides is 3. The maximum absolute atomic E-state index is 13.4. The van der Waals surface area contributed by atoms with E-state index >= 15 is 0 Å². The monoisotopic (exact) mass is 363 g/mol. The van der Waals surface area contributed by atoms with E-state index in [1.807, 2.05) is 11.0 Å². The van der Waals surface area contributed by atoms with Crippen molar-refractivity contribution in [1.82, 2.24) is 14.8 Å². The van der Waals surface area contributed by atoms with Gasteiger partial charge in [0.25, 0.3) is 5.91 Å². The molecule has 0 radical (unpaired) electrons. The van der Waals surface area contributed by atoms with Crippen LogP contribution in [-0.4, -0.2) is 59.9 Å².